The highest BCUT2D eigenvalue weighted by atomic mass is 127. The number of hydrogen-bond acceptors (Lipinski definition) is 7. The molecule has 3 aromatic rings. The zero-order valence-corrected chi connectivity index (χ0v) is 37.9. The minimum absolute atomic E-state index is 0.0476. The maximum absolute atomic E-state index is 14.6. The smallest absolute Gasteiger partial charge is 0.455 e. The van der Waals surface area contributed by atoms with Crippen molar-refractivity contribution >= 4 is 66.3 Å². The molecule has 0 spiro atoms. The summed E-state index contributed by atoms with van der Waals surface area (Å²) in [5, 5.41) is 24.1. The number of methoxy groups -OCH3 is 1. The van der Waals surface area contributed by atoms with E-state index < -0.39 is 33.4 Å². The molecule has 0 bridgehead atoms. The van der Waals surface area contributed by atoms with Crippen LogP contribution >= 0.6 is 22.6 Å². The van der Waals surface area contributed by atoms with Gasteiger partial charge in [-0.05, 0) is 118 Å². The number of imide groups is 1. The van der Waals surface area contributed by atoms with E-state index in [0.29, 0.717) is 35.2 Å². The highest BCUT2D eigenvalue weighted by Crippen LogP contribution is 2.52. The largest absolute Gasteiger partial charge is 0.504 e. The molecule has 0 aromatic heterocycles. The van der Waals surface area contributed by atoms with E-state index in [0.717, 1.165) is 61.7 Å². The molecule has 4 atom stereocenters. The normalized spacial score (nSPS) is 23.3. The number of nitrogens with zero attached hydrogens (tertiary/aromatic N) is 1. The maximum Gasteiger partial charge on any atom is 0.455 e. The number of hydrogen-bond donors (Lipinski definition) is 2. The summed E-state index contributed by atoms with van der Waals surface area (Å²) in [7, 11) is -2.45. The van der Waals surface area contributed by atoms with E-state index in [2.05, 4.69) is 105 Å². The van der Waals surface area contributed by atoms with Gasteiger partial charge in [-0.1, -0.05) is 126 Å². The summed E-state index contributed by atoms with van der Waals surface area (Å²) in [5.41, 5.74) is 4.26. The minimum atomic E-state index is -2.96. The number of phenolic OH excluding ortho intramolecular Hbond substituents is 1. The van der Waals surface area contributed by atoms with Crippen molar-refractivity contribution in [1.29, 1.82) is 0 Å². The summed E-state index contributed by atoms with van der Waals surface area (Å²) in [6, 6.07) is 25.0. The van der Waals surface area contributed by atoms with Crippen LogP contribution in [0.5, 0.6) is 11.5 Å². The Balaban J connectivity index is 1.30. The number of benzene rings is 3. The quantitative estimate of drug-likeness (QED) is 0.0766. The molecule has 2 aliphatic heterocycles. The number of amides is 2. The number of likely N-dealkylation sites (tertiary alicyclic amines) is 1. The lowest BCUT2D eigenvalue weighted by atomic mass is 9.58. The molecule has 1 saturated carbocycles. The molecule has 11 heteroatoms. The molecule has 7 rings (SSSR count). The lowest BCUT2D eigenvalue weighted by molar-refractivity contribution is -0.143. The van der Waals surface area contributed by atoms with Crippen LogP contribution in [-0.2, 0) is 18.7 Å². The van der Waals surface area contributed by atoms with Gasteiger partial charge in [0.2, 0.25) is 11.8 Å². The Morgan fingerprint density at radius 2 is 1.62 bits per heavy atom. The van der Waals surface area contributed by atoms with Gasteiger partial charge in [0.25, 0.3) is 8.32 Å². The molecule has 2 N–H and O–H groups in total. The van der Waals surface area contributed by atoms with Crippen LogP contribution in [0, 0.1) is 21.3 Å². The maximum atomic E-state index is 14.6. The molecule has 3 aromatic carbocycles. The van der Waals surface area contributed by atoms with E-state index in [1.54, 1.807) is 12.0 Å². The van der Waals surface area contributed by atoms with Crippen LogP contribution in [0.15, 0.2) is 89.5 Å². The van der Waals surface area contributed by atoms with Crippen molar-refractivity contribution in [3.05, 3.63) is 98.6 Å². The van der Waals surface area contributed by atoms with Crippen LogP contribution < -0.4 is 15.1 Å². The fraction of sp³-hybridized carbons (Fsp3) is 0.489. The van der Waals surface area contributed by atoms with Crippen molar-refractivity contribution in [2.45, 2.75) is 115 Å². The van der Waals surface area contributed by atoms with Crippen molar-refractivity contribution in [3.63, 3.8) is 0 Å². The first-order valence-corrected chi connectivity index (χ1v) is 24.3. The third-order valence-corrected chi connectivity index (χ3v) is 18.9. The zero-order valence-electron chi connectivity index (χ0n) is 34.7. The molecule has 4 aliphatic rings. The van der Waals surface area contributed by atoms with E-state index in [-0.39, 0.29) is 40.9 Å². The average Bonchev–Trinajstić information content (AvgIpc) is 3.47. The topological polar surface area (TPSA) is 106 Å². The van der Waals surface area contributed by atoms with E-state index in [1.165, 1.54) is 15.9 Å². The predicted molar refractivity (Wildman–Crippen MR) is 242 cm³/mol. The number of halogens is 1. The van der Waals surface area contributed by atoms with Crippen molar-refractivity contribution in [1.82, 2.24) is 4.90 Å². The third-order valence-electron chi connectivity index (χ3n) is 13.1. The van der Waals surface area contributed by atoms with Gasteiger partial charge in [0, 0.05) is 6.04 Å². The third kappa shape index (κ3) is 8.40. The second kappa shape index (κ2) is 18.2. The molecule has 2 aliphatic carbocycles. The number of fused-ring (bicyclic) bond motifs is 3. The fourth-order valence-electron chi connectivity index (χ4n) is 10.6. The molecule has 2 amide bonds. The molecule has 2 heterocycles. The highest BCUT2D eigenvalue weighted by Gasteiger charge is 2.59. The van der Waals surface area contributed by atoms with Gasteiger partial charge in [0.1, 0.15) is 0 Å². The summed E-state index contributed by atoms with van der Waals surface area (Å²) >= 11 is 2.13. The lowest BCUT2D eigenvalue weighted by Gasteiger charge is -2.46. The molecular weight excluding hydrogens is 856 g/mol. The first-order chi connectivity index (χ1) is 27.9. The number of carbonyl (C=O) groups excluding carboxylic acids is 2. The Kier molecular flexibility index (Phi) is 13.4. The Bertz CT molecular complexity index is 1970. The Morgan fingerprint density at radius 3 is 2.22 bits per heavy atom. The Hall–Kier alpha value is -3.23. The van der Waals surface area contributed by atoms with Crippen molar-refractivity contribution in [3.8, 4) is 11.5 Å². The van der Waals surface area contributed by atoms with Gasteiger partial charge < -0.3 is 23.9 Å². The number of carbonyl (C=O) groups is 2. The van der Waals surface area contributed by atoms with Crippen molar-refractivity contribution < 1.29 is 33.5 Å². The number of allylic oxidation sites excluding steroid dienone is 1. The summed E-state index contributed by atoms with van der Waals surface area (Å²) < 4.78 is 20.3. The molecule has 2 saturated heterocycles. The van der Waals surface area contributed by atoms with Crippen molar-refractivity contribution in [2.24, 2.45) is 17.8 Å². The van der Waals surface area contributed by atoms with Crippen LogP contribution in [0.25, 0.3) is 6.08 Å². The summed E-state index contributed by atoms with van der Waals surface area (Å²) in [4.78, 5) is 30.8. The van der Waals surface area contributed by atoms with Crippen LogP contribution in [-0.4, -0.2) is 68.1 Å². The highest BCUT2D eigenvalue weighted by molar-refractivity contribution is 14.1. The molecule has 0 radical (unpaired) electrons. The van der Waals surface area contributed by atoms with Crippen LogP contribution in [0.1, 0.15) is 97.5 Å². The number of ether oxygens (including phenoxy) is 1. The molecular formula is C47H59BINO7Si. The van der Waals surface area contributed by atoms with Gasteiger partial charge >= 0.3 is 7.12 Å². The first-order valence-electron chi connectivity index (χ1n) is 21.3. The van der Waals surface area contributed by atoms with Gasteiger partial charge in [-0.25, -0.2) is 0 Å². The van der Waals surface area contributed by atoms with E-state index in [9.17, 15) is 19.7 Å². The van der Waals surface area contributed by atoms with Gasteiger partial charge in [-0.3, -0.25) is 14.5 Å². The first kappa shape index (κ1) is 42.9. The second-order valence-electron chi connectivity index (χ2n) is 17.8. The van der Waals surface area contributed by atoms with E-state index in [4.69, 9.17) is 13.8 Å². The molecule has 8 nitrogen and oxygen atoms in total. The van der Waals surface area contributed by atoms with Crippen molar-refractivity contribution in [2.75, 3.05) is 13.7 Å². The standard InChI is InChI=1S/C47H59BINO7Si/c1-6-16-31(25-32-26-39(49)44(51)41(27-32)55-5)23-24-40-42-33(30-56-58(47(2,3)4,35-19-12-8-13-20-35)36-21-14-9-15-22-36)28-37-43(38(42)29-48(54)57-40)46(53)50(45(37)52)34-17-10-7-11-18-34/h8-9,12-15,19-22,25-27,34,37-38,40,43,51,54H,6-7,10-11,16-18,23-24,28-30H2,1-5H3/b31-25+/t37-,38+,40-,43-/m1/s1. The Labute approximate surface area is 359 Å². The molecule has 308 valence electrons. The summed E-state index contributed by atoms with van der Waals surface area (Å²) in [6.45, 7) is 9.29. The summed E-state index contributed by atoms with van der Waals surface area (Å²) in [5.74, 6) is -0.864. The van der Waals surface area contributed by atoms with E-state index >= 15 is 0 Å². The molecule has 58 heavy (non-hydrogen) atoms. The van der Waals surface area contributed by atoms with Crippen LogP contribution in [0.2, 0.25) is 11.4 Å². The number of rotatable bonds is 13. The Morgan fingerprint density at radius 1 is 0.966 bits per heavy atom. The van der Waals surface area contributed by atoms with Gasteiger partial charge in [0.05, 0.1) is 35.2 Å². The number of phenols is 1. The molecule has 0 unspecified atom stereocenters. The lowest BCUT2D eigenvalue weighted by Crippen LogP contribution is -2.66. The second-order valence-corrected chi connectivity index (χ2v) is 23.2. The zero-order chi connectivity index (χ0) is 41.2. The monoisotopic (exact) mass is 915 g/mol. The predicted octanol–water partition coefficient (Wildman–Crippen LogP) is 8.68. The fourth-order valence-corrected chi connectivity index (χ4v) is 15.7. The average molecular weight is 916 g/mol. The summed E-state index contributed by atoms with van der Waals surface area (Å²) in [6.07, 6.45) is 10.5. The van der Waals surface area contributed by atoms with Gasteiger partial charge in [0.15, 0.2) is 11.5 Å². The van der Waals surface area contributed by atoms with E-state index in [1.807, 2.05) is 24.3 Å². The van der Waals surface area contributed by atoms with Crippen LogP contribution in [0.3, 0.4) is 0 Å². The molecule has 3 fully saturated rings. The minimum Gasteiger partial charge on any atom is -0.504 e. The van der Waals surface area contributed by atoms with Crippen LogP contribution in [0.4, 0.5) is 0 Å². The SMILES string of the molecule is CCC/C(=C\c1cc(I)c(O)c(OC)c1)CC[C@H]1OB(O)C[C@H]2C1=C(CO[Si](c1ccccc1)(c1ccccc1)C(C)(C)C)C[C@H]1C(=O)N(C3CCCCC3)C(=O)[C@H]12. The number of aromatic hydroxyl groups is 1. The van der Waals surface area contributed by atoms with Gasteiger partial charge in [-0.15, -0.1) is 0 Å². The van der Waals surface area contributed by atoms with Gasteiger partial charge in [-0.2, -0.15) is 0 Å².